The Morgan fingerprint density at radius 1 is 0.946 bits per heavy atom. The van der Waals surface area contributed by atoms with E-state index in [2.05, 4.69) is 70.1 Å². The second-order valence-electron chi connectivity index (χ2n) is 10.4. The number of hydrogen-bond acceptors (Lipinski definition) is 6. The molecule has 8 heteroatoms. The van der Waals surface area contributed by atoms with Gasteiger partial charge in [0.2, 0.25) is 0 Å². The molecule has 190 valence electrons. The summed E-state index contributed by atoms with van der Waals surface area (Å²) < 4.78 is 0. The summed E-state index contributed by atoms with van der Waals surface area (Å²) in [5.74, 6) is 0.0886. The number of hydrogen-bond donors (Lipinski definition) is 1. The van der Waals surface area contributed by atoms with E-state index in [1.165, 1.54) is 5.69 Å². The van der Waals surface area contributed by atoms with Crippen LogP contribution in [0.5, 0.6) is 0 Å². The number of H-pyrrole nitrogens is 1. The van der Waals surface area contributed by atoms with E-state index >= 15 is 0 Å². The number of amides is 1. The first-order valence-electron chi connectivity index (χ1n) is 12.9. The number of nitrogens with zero attached hydrogens (tertiary/aromatic N) is 6. The standard InChI is InChI=1S/C29H33N7O/c1-33(2)24-18-36(19-24)29(37)22-6-4-20(5-7-22)25-16-30-28-27(25)32-26(17-31-28)21-8-10-23(11-9-21)35-14-12-34(3)13-15-35/h4-11,16-17,24H,12-15,18-19H2,1-3H3,(H,30,31). The Morgan fingerprint density at radius 3 is 2.30 bits per heavy atom. The molecule has 6 rings (SSSR count). The summed E-state index contributed by atoms with van der Waals surface area (Å²) in [5, 5.41) is 0. The quantitative estimate of drug-likeness (QED) is 0.458. The van der Waals surface area contributed by atoms with E-state index in [-0.39, 0.29) is 5.91 Å². The lowest BCUT2D eigenvalue weighted by Gasteiger charge is -2.42. The molecule has 2 aliphatic rings. The molecule has 2 aromatic carbocycles. The van der Waals surface area contributed by atoms with E-state index in [9.17, 15) is 4.79 Å². The van der Waals surface area contributed by atoms with Crippen molar-refractivity contribution in [2.75, 3.05) is 65.3 Å². The number of likely N-dealkylation sites (tertiary alicyclic amines) is 1. The number of carbonyl (C=O) groups is 1. The summed E-state index contributed by atoms with van der Waals surface area (Å²) in [4.78, 5) is 34.5. The zero-order valence-electron chi connectivity index (χ0n) is 21.7. The van der Waals surface area contributed by atoms with Gasteiger partial charge in [0.05, 0.1) is 11.9 Å². The number of anilines is 1. The summed E-state index contributed by atoms with van der Waals surface area (Å²) in [6, 6.07) is 16.9. The van der Waals surface area contributed by atoms with Crippen LogP contribution in [-0.2, 0) is 0 Å². The average Bonchev–Trinajstić information content (AvgIpc) is 3.31. The molecular weight excluding hydrogens is 462 g/mol. The minimum absolute atomic E-state index is 0.0886. The number of benzene rings is 2. The van der Waals surface area contributed by atoms with Crippen molar-refractivity contribution in [2.45, 2.75) is 6.04 Å². The van der Waals surface area contributed by atoms with Gasteiger partial charge in [-0.25, -0.2) is 9.97 Å². The van der Waals surface area contributed by atoms with Crippen LogP contribution in [0.25, 0.3) is 33.5 Å². The van der Waals surface area contributed by atoms with Gasteiger partial charge >= 0.3 is 0 Å². The molecule has 0 atom stereocenters. The van der Waals surface area contributed by atoms with Gasteiger partial charge in [0.25, 0.3) is 5.91 Å². The second kappa shape index (κ2) is 9.61. The first kappa shape index (κ1) is 23.6. The first-order valence-corrected chi connectivity index (χ1v) is 12.9. The maximum atomic E-state index is 12.8. The molecule has 2 aliphatic heterocycles. The number of nitrogens with one attached hydrogen (secondary N) is 1. The van der Waals surface area contributed by atoms with Crippen molar-refractivity contribution in [1.82, 2.24) is 29.7 Å². The van der Waals surface area contributed by atoms with E-state index in [0.717, 1.165) is 72.8 Å². The zero-order valence-corrected chi connectivity index (χ0v) is 21.7. The molecular formula is C29H33N7O. The van der Waals surface area contributed by atoms with Crippen molar-refractivity contribution in [2.24, 2.45) is 0 Å². The molecule has 1 N–H and O–H groups in total. The molecule has 8 nitrogen and oxygen atoms in total. The van der Waals surface area contributed by atoms with Gasteiger partial charge in [-0.15, -0.1) is 0 Å². The van der Waals surface area contributed by atoms with Crippen molar-refractivity contribution in [3.63, 3.8) is 0 Å². The lowest BCUT2D eigenvalue weighted by Crippen LogP contribution is -2.59. The van der Waals surface area contributed by atoms with Gasteiger partial charge in [-0.3, -0.25) is 4.79 Å². The molecule has 0 radical (unpaired) electrons. The smallest absolute Gasteiger partial charge is 0.253 e. The summed E-state index contributed by atoms with van der Waals surface area (Å²) in [5.41, 5.74) is 7.43. The maximum absolute atomic E-state index is 12.8. The number of fused-ring (bicyclic) bond motifs is 1. The second-order valence-corrected chi connectivity index (χ2v) is 10.4. The minimum Gasteiger partial charge on any atom is -0.369 e. The highest BCUT2D eigenvalue weighted by molar-refractivity contribution is 5.96. The molecule has 0 aliphatic carbocycles. The van der Waals surface area contributed by atoms with Crippen molar-refractivity contribution in [3.8, 4) is 22.4 Å². The van der Waals surface area contributed by atoms with Crippen LogP contribution in [0.3, 0.4) is 0 Å². The summed E-state index contributed by atoms with van der Waals surface area (Å²) in [7, 11) is 6.28. The van der Waals surface area contributed by atoms with Crippen molar-refractivity contribution in [1.29, 1.82) is 0 Å². The summed E-state index contributed by atoms with van der Waals surface area (Å²) in [6.07, 6.45) is 3.77. The van der Waals surface area contributed by atoms with Gasteiger partial charge in [0, 0.05) is 73.9 Å². The highest BCUT2D eigenvalue weighted by atomic mass is 16.2. The van der Waals surface area contributed by atoms with E-state index in [1.54, 1.807) is 0 Å². The molecule has 2 aromatic heterocycles. The SMILES string of the molecule is CN1CCN(c2ccc(-c3cnc4[nH]cc(-c5ccc(C(=O)N6CC(N(C)C)C6)cc5)c4n3)cc2)CC1. The van der Waals surface area contributed by atoms with Gasteiger partial charge in [-0.1, -0.05) is 24.3 Å². The topological polar surface area (TPSA) is 71.6 Å². The van der Waals surface area contributed by atoms with Crippen LogP contribution < -0.4 is 4.90 Å². The monoisotopic (exact) mass is 495 g/mol. The Hall–Kier alpha value is -3.75. The lowest BCUT2D eigenvalue weighted by molar-refractivity contribution is 0.0399. The highest BCUT2D eigenvalue weighted by Crippen LogP contribution is 2.30. The van der Waals surface area contributed by atoms with Gasteiger partial charge < -0.3 is 24.6 Å². The summed E-state index contributed by atoms with van der Waals surface area (Å²) in [6.45, 7) is 5.84. The Balaban J connectivity index is 1.21. The maximum Gasteiger partial charge on any atom is 0.253 e. The molecule has 2 fully saturated rings. The van der Waals surface area contributed by atoms with Gasteiger partial charge in [0.1, 0.15) is 5.52 Å². The van der Waals surface area contributed by atoms with Gasteiger partial charge in [-0.2, -0.15) is 0 Å². The number of aromatic amines is 1. The average molecular weight is 496 g/mol. The molecule has 0 spiro atoms. The Morgan fingerprint density at radius 2 is 1.62 bits per heavy atom. The normalized spacial score (nSPS) is 17.0. The molecule has 0 saturated carbocycles. The zero-order chi connectivity index (χ0) is 25.5. The van der Waals surface area contributed by atoms with Crippen LogP contribution in [0, 0.1) is 0 Å². The van der Waals surface area contributed by atoms with Crippen LogP contribution in [0.4, 0.5) is 5.69 Å². The third kappa shape index (κ3) is 4.58. The van der Waals surface area contributed by atoms with Crippen molar-refractivity contribution < 1.29 is 4.79 Å². The number of piperazine rings is 1. The molecule has 4 heterocycles. The lowest BCUT2D eigenvalue weighted by atomic mass is 10.0. The fourth-order valence-corrected chi connectivity index (χ4v) is 5.08. The first-order chi connectivity index (χ1) is 18.0. The number of carbonyl (C=O) groups excluding carboxylic acids is 1. The molecule has 0 unspecified atom stereocenters. The van der Waals surface area contributed by atoms with E-state index in [0.29, 0.717) is 11.6 Å². The van der Waals surface area contributed by atoms with Gasteiger partial charge in [-0.05, 0) is 51.0 Å². The highest BCUT2D eigenvalue weighted by Gasteiger charge is 2.32. The number of likely N-dealkylation sites (N-methyl/N-ethyl adjacent to an activating group) is 2. The van der Waals surface area contributed by atoms with Crippen molar-refractivity contribution in [3.05, 3.63) is 66.5 Å². The van der Waals surface area contributed by atoms with E-state index in [4.69, 9.17) is 4.98 Å². The van der Waals surface area contributed by atoms with Crippen LogP contribution in [0.2, 0.25) is 0 Å². The van der Waals surface area contributed by atoms with Crippen LogP contribution in [0.15, 0.2) is 60.9 Å². The Kier molecular flexibility index (Phi) is 6.14. The van der Waals surface area contributed by atoms with E-state index < -0.39 is 0 Å². The van der Waals surface area contributed by atoms with Crippen molar-refractivity contribution >= 4 is 22.8 Å². The minimum atomic E-state index is 0.0886. The summed E-state index contributed by atoms with van der Waals surface area (Å²) >= 11 is 0. The fourth-order valence-electron chi connectivity index (χ4n) is 5.08. The van der Waals surface area contributed by atoms with Crippen LogP contribution in [0.1, 0.15) is 10.4 Å². The largest absolute Gasteiger partial charge is 0.369 e. The van der Waals surface area contributed by atoms with E-state index in [1.807, 2.05) is 41.6 Å². The Bertz CT molecular complexity index is 1400. The molecule has 0 bridgehead atoms. The Labute approximate surface area is 217 Å². The molecule has 37 heavy (non-hydrogen) atoms. The molecule has 4 aromatic rings. The fraction of sp³-hybridized carbons (Fsp3) is 0.345. The van der Waals surface area contributed by atoms with Crippen LogP contribution in [-0.4, -0.2) is 102 Å². The molecule has 2 saturated heterocycles. The van der Waals surface area contributed by atoms with Gasteiger partial charge in [0.15, 0.2) is 5.65 Å². The predicted octanol–water partition coefficient (Wildman–Crippen LogP) is 3.43. The molecule has 1 amide bonds. The number of aromatic nitrogens is 3. The number of rotatable bonds is 5. The predicted molar refractivity (Wildman–Crippen MR) is 148 cm³/mol. The third-order valence-corrected chi connectivity index (χ3v) is 7.73. The van der Waals surface area contributed by atoms with Crippen LogP contribution >= 0.6 is 0 Å². The third-order valence-electron chi connectivity index (χ3n) is 7.73.